The molecule has 0 aliphatic carbocycles. The lowest BCUT2D eigenvalue weighted by Crippen LogP contribution is -2.28. The number of carbonyl (C=O) groups excluding carboxylic acids is 3. The molecule has 0 heterocycles. The maximum absolute atomic E-state index is 11.8. The summed E-state index contributed by atoms with van der Waals surface area (Å²) in [4.78, 5) is 34.3. The largest absolute Gasteiger partial charge is 0.372 e. The summed E-state index contributed by atoms with van der Waals surface area (Å²) in [6.45, 7) is 10.1. The van der Waals surface area contributed by atoms with Gasteiger partial charge >= 0.3 is 0 Å². The first kappa shape index (κ1) is 29.7. The molecule has 8 heteroatoms. The van der Waals surface area contributed by atoms with Gasteiger partial charge in [0.1, 0.15) is 6.61 Å². The smallest absolute Gasteiger partial charge is 0.245 e. The van der Waals surface area contributed by atoms with Crippen LogP contribution < -0.4 is 15.4 Å². The van der Waals surface area contributed by atoms with E-state index >= 15 is 0 Å². The van der Waals surface area contributed by atoms with E-state index in [1.54, 1.807) is 0 Å². The monoisotopic (exact) mass is 459 g/mol. The van der Waals surface area contributed by atoms with E-state index in [0.29, 0.717) is 37.3 Å². The quantitative estimate of drug-likeness (QED) is 0.189. The highest BCUT2D eigenvalue weighted by atomic mass is 32.2. The molecule has 1 unspecified atom stereocenters. The molecule has 0 aromatic rings. The number of hydrogen-bond donors (Lipinski definition) is 3. The zero-order valence-electron chi connectivity index (χ0n) is 20.1. The van der Waals surface area contributed by atoms with E-state index in [0.717, 1.165) is 57.8 Å². The predicted molar refractivity (Wildman–Crippen MR) is 129 cm³/mol. The molecule has 0 rings (SSSR count). The van der Waals surface area contributed by atoms with Crippen LogP contribution >= 0.6 is 11.9 Å². The average molecular weight is 460 g/mol. The van der Waals surface area contributed by atoms with Crippen molar-refractivity contribution in [3.63, 3.8) is 0 Å². The van der Waals surface area contributed by atoms with Crippen LogP contribution in [0.2, 0.25) is 0 Å². The van der Waals surface area contributed by atoms with Gasteiger partial charge in [-0.05, 0) is 56.4 Å². The van der Waals surface area contributed by atoms with Crippen molar-refractivity contribution in [2.75, 3.05) is 26.3 Å². The first-order chi connectivity index (χ1) is 14.8. The summed E-state index contributed by atoms with van der Waals surface area (Å²) < 4.78 is 8.32. The fraction of sp³-hybridized carbons (Fsp3) is 0.870. The summed E-state index contributed by atoms with van der Waals surface area (Å²) in [6, 6.07) is 0. The number of rotatable bonds is 20. The Bertz CT molecular complexity index is 489. The van der Waals surface area contributed by atoms with Crippen molar-refractivity contribution in [3.05, 3.63) is 0 Å². The molecular formula is C23H45N3O4S. The van der Waals surface area contributed by atoms with Gasteiger partial charge in [0.15, 0.2) is 0 Å². The van der Waals surface area contributed by atoms with Crippen LogP contribution in [0.5, 0.6) is 0 Å². The van der Waals surface area contributed by atoms with E-state index in [4.69, 9.17) is 4.74 Å². The molecule has 0 saturated heterocycles. The molecule has 0 aliphatic rings. The highest BCUT2D eigenvalue weighted by Crippen LogP contribution is 2.16. The molecule has 1 atom stereocenters. The van der Waals surface area contributed by atoms with E-state index in [9.17, 15) is 14.4 Å². The predicted octanol–water partition coefficient (Wildman–Crippen LogP) is 3.97. The third kappa shape index (κ3) is 23.2. The summed E-state index contributed by atoms with van der Waals surface area (Å²) >= 11 is 1.54. The van der Waals surface area contributed by atoms with Crippen molar-refractivity contribution in [2.24, 2.45) is 5.92 Å². The Morgan fingerprint density at radius 2 is 1.42 bits per heavy atom. The summed E-state index contributed by atoms with van der Waals surface area (Å²) in [5.74, 6) is 0.700. The molecule has 0 aliphatic heterocycles. The van der Waals surface area contributed by atoms with E-state index in [1.807, 2.05) is 0 Å². The van der Waals surface area contributed by atoms with Gasteiger partial charge in [-0.25, -0.2) is 0 Å². The molecule has 182 valence electrons. The molecule has 0 bridgehead atoms. The van der Waals surface area contributed by atoms with Crippen molar-refractivity contribution in [1.29, 1.82) is 0 Å². The molecular weight excluding hydrogens is 414 g/mol. The fourth-order valence-electron chi connectivity index (χ4n) is 3.08. The van der Waals surface area contributed by atoms with E-state index < -0.39 is 0 Å². The van der Waals surface area contributed by atoms with Crippen LogP contribution in [0.1, 0.15) is 91.9 Å². The molecule has 0 fully saturated rings. The second-order valence-electron chi connectivity index (χ2n) is 8.55. The van der Waals surface area contributed by atoms with Gasteiger partial charge in [-0.1, -0.05) is 40.0 Å². The Kier molecular flexibility index (Phi) is 19.8. The number of amides is 3. The highest BCUT2D eigenvalue weighted by molar-refractivity contribution is 7.98. The third-order valence-electron chi connectivity index (χ3n) is 4.65. The molecule has 0 radical (unpaired) electrons. The number of hydrogen-bond acceptors (Lipinski definition) is 5. The maximum Gasteiger partial charge on any atom is 0.245 e. The van der Waals surface area contributed by atoms with Gasteiger partial charge in [0, 0.05) is 38.3 Å². The minimum atomic E-state index is -0.0703. The maximum atomic E-state index is 11.8. The second kappa shape index (κ2) is 20.6. The van der Waals surface area contributed by atoms with Gasteiger partial charge in [-0.3, -0.25) is 19.1 Å². The van der Waals surface area contributed by atoms with Crippen LogP contribution in [0.4, 0.5) is 0 Å². The first-order valence-corrected chi connectivity index (χ1v) is 12.7. The van der Waals surface area contributed by atoms with Crippen molar-refractivity contribution in [2.45, 2.75) is 97.2 Å². The van der Waals surface area contributed by atoms with Crippen LogP contribution in [-0.2, 0) is 19.1 Å². The fourth-order valence-corrected chi connectivity index (χ4v) is 4.00. The Hall–Kier alpha value is -1.28. The van der Waals surface area contributed by atoms with Crippen LogP contribution in [0.25, 0.3) is 0 Å². The average Bonchev–Trinajstić information content (AvgIpc) is 2.69. The number of unbranched alkanes of at least 4 members (excludes halogenated alkanes) is 6. The second-order valence-corrected chi connectivity index (χ2v) is 9.79. The summed E-state index contributed by atoms with van der Waals surface area (Å²) in [5.41, 5.74) is 0. The standard InChI is InChI=1S/C23H45N3O4S/c1-19(2)17-20(3)31-26-22(28)13-9-6-5-7-10-15-25-23(29)18-30-16-12-8-11-14-24-21(4)27/h19-20H,5-18H2,1-4H3,(H,24,27)(H,25,29)(H,26,28). The van der Waals surface area contributed by atoms with Crippen LogP contribution in [0, 0.1) is 5.92 Å². The Morgan fingerprint density at radius 1 is 0.806 bits per heavy atom. The number of carbonyl (C=O) groups is 3. The minimum absolute atomic E-state index is 0.00268. The van der Waals surface area contributed by atoms with E-state index in [2.05, 4.69) is 36.1 Å². The molecule has 7 nitrogen and oxygen atoms in total. The Morgan fingerprint density at radius 3 is 2.10 bits per heavy atom. The van der Waals surface area contributed by atoms with Crippen molar-refractivity contribution < 1.29 is 19.1 Å². The van der Waals surface area contributed by atoms with Gasteiger partial charge in [-0.15, -0.1) is 0 Å². The van der Waals surface area contributed by atoms with E-state index in [1.165, 1.54) is 18.9 Å². The summed E-state index contributed by atoms with van der Waals surface area (Å²) in [6.07, 6.45) is 9.51. The van der Waals surface area contributed by atoms with Crippen molar-refractivity contribution in [1.82, 2.24) is 15.4 Å². The lowest BCUT2D eigenvalue weighted by Gasteiger charge is -2.13. The molecule has 3 N–H and O–H groups in total. The van der Waals surface area contributed by atoms with Gasteiger partial charge < -0.3 is 15.4 Å². The zero-order valence-corrected chi connectivity index (χ0v) is 20.9. The normalized spacial score (nSPS) is 11.9. The minimum Gasteiger partial charge on any atom is -0.372 e. The van der Waals surface area contributed by atoms with Crippen molar-refractivity contribution >= 4 is 29.7 Å². The molecule has 3 amide bonds. The molecule has 31 heavy (non-hydrogen) atoms. The van der Waals surface area contributed by atoms with Gasteiger partial charge in [0.05, 0.1) is 0 Å². The van der Waals surface area contributed by atoms with Gasteiger partial charge in [0.25, 0.3) is 0 Å². The summed E-state index contributed by atoms with van der Waals surface area (Å²) in [7, 11) is 0. The number of ether oxygens (including phenoxy) is 1. The van der Waals surface area contributed by atoms with E-state index in [-0.39, 0.29) is 24.3 Å². The highest BCUT2D eigenvalue weighted by Gasteiger charge is 2.08. The molecule has 0 aromatic heterocycles. The van der Waals surface area contributed by atoms with Crippen LogP contribution in [0.3, 0.4) is 0 Å². The summed E-state index contributed by atoms with van der Waals surface area (Å²) in [5, 5.41) is 6.08. The lowest BCUT2D eigenvalue weighted by molar-refractivity contribution is -0.125. The van der Waals surface area contributed by atoms with Gasteiger partial charge in [-0.2, -0.15) is 0 Å². The van der Waals surface area contributed by atoms with Gasteiger partial charge in [0.2, 0.25) is 17.7 Å². The Balaban J connectivity index is 3.36. The number of nitrogens with one attached hydrogen (secondary N) is 3. The zero-order chi connectivity index (χ0) is 23.3. The van der Waals surface area contributed by atoms with Crippen LogP contribution in [-0.4, -0.2) is 49.3 Å². The molecule has 0 saturated carbocycles. The van der Waals surface area contributed by atoms with Crippen molar-refractivity contribution in [3.8, 4) is 0 Å². The molecule has 0 spiro atoms. The lowest BCUT2D eigenvalue weighted by atomic mass is 10.1. The topological polar surface area (TPSA) is 96.5 Å². The Labute approximate surface area is 193 Å². The first-order valence-electron chi connectivity index (χ1n) is 11.8. The SMILES string of the molecule is CC(=O)NCCCCCOCC(=O)NCCCCCCCC(=O)NSC(C)CC(C)C. The van der Waals surface area contributed by atoms with Crippen LogP contribution in [0.15, 0.2) is 0 Å². The molecule has 0 aromatic carbocycles. The third-order valence-corrected chi connectivity index (χ3v) is 5.59.